The molecule has 2 heterocycles. The lowest BCUT2D eigenvalue weighted by Crippen LogP contribution is -2.19. The van der Waals surface area contributed by atoms with E-state index in [1.165, 1.54) is 5.01 Å². The van der Waals surface area contributed by atoms with E-state index < -0.39 is 0 Å². The van der Waals surface area contributed by atoms with Gasteiger partial charge in [0.15, 0.2) is 0 Å². The van der Waals surface area contributed by atoms with Crippen molar-refractivity contribution in [2.24, 2.45) is 5.92 Å². The Morgan fingerprint density at radius 3 is 2.35 bits per heavy atom. The first-order valence-corrected chi connectivity index (χ1v) is 12.4. The maximum Gasteiger partial charge on any atom is 0.323 e. The molecule has 0 unspecified atom stereocenters. The van der Waals surface area contributed by atoms with Crippen molar-refractivity contribution in [2.45, 2.75) is 44.9 Å². The summed E-state index contributed by atoms with van der Waals surface area (Å²) < 4.78 is 5.55. The molecule has 0 saturated heterocycles. The van der Waals surface area contributed by atoms with Crippen molar-refractivity contribution in [1.29, 1.82) is 0 Å². The lowest BCUT2D eigenvalue weighted by atomic mass is 9.81. The van der Waals surface area contributed by atoms with Crippen LogP contribution in [0.2, 0.25) is 0 Å². The fourth-order valence-electron chi connectivity index (χ4n) is 4.42. The molecule has 5 rings (SSSR count). The van der Waals surface area contributed by atoms with Crippen molar-refractivity contribution >= 4 is 28.7 Å². The predicted octanol–water partition coefficient (Wildman–Crippen LogP) is 6.66. The Hall–Kier alpha value is -3.52. The number of hydrogen-bond donors (Lipinski definition) is 2. The van der Waals surface area contributed by atoms with E-state index >= 15 is 0 Å². The third kappa shape index (κ3) is 5.51. The highest BCUT2D eigenvalue weighted by atomic mass is 32.1. The zero-order valence-corrected chi connectivity index (χ0v) is 19.8. The summed E-state index contributed by atoms with van der Waals surface area (Å²) in [6, 6.07) is 17.0. The van der Waals surface area contributed by atoms with E-state index in [1.54, 1.807) is 11.3 Å². The zero-order valence-electron chi connectivity index (χ0n) is 19.0. The molecule has 2 N–H and O–H groups in total. The van der Waals surface area contributed by atoms with Crippen LogP contribution in [0.15, 0.2) is 65.2 Å². The van der Waals surface area contributed by atoms with Gasteiger partial charge in [-0.1, -0.05) is 30.3 Å². The summed E-state index contributed by atoms with van der Waals surface area (Å²) in [7, 11) is 0. The van der Waals surface area contributed by atoms with Gasteiger partial charge < -0.3 is 15.1 Å². The predicted molar refractivity (Wildman–Crippen MR) is 134 cm³/mol. The van der Waals surface area contributed by atoms with E-state index in [-0.39, 0.29) is 6.03 Å². The van der Waals surface area contributed by atoms with Gasteiger partial charge in [0.2, 0.25) is 11.8 Å². The number of nitrogens with one attached hydrogen (secondary N) is 2. The number of rotatable bonds is 6. The van der Waals surface area contributed by atoms with Crippen LogP contribution < -0.4 is 10.6 Å². The summed E-state index contributed by atoms with van der Waals surface area (Å²) in [4.78, 5) is 18.1. The molecule has 2 amide bonds. The zero-order chi connectivity index (χ0) is 23.3. The summed E-state index contributed by atoms with van der Waals surface area (Å²) in [6.45, 7) is 1.83. The summed E-state index contributed by atoms with van der Waals surface area (Å²) in [5, 5.41) is 15.0. The van der Waals surface area contributed by atoms with Crippen LogP contribution in [0.4, 0.5) is 16.2 Å². The molecule has 1 fully saturated rings. The number of aromatic nitrogens is 3. The molecule has 7 nitrogen and oxygen atoms in total. The number of urea groups is 1. The van der Waals surface area contributed by atoms with Gasteiger partial charge in [0.1, 0.15) is 0 Å². The summed E-state index contributed by atoms with van der Waals surface area (Å²) in [6.07, 6.45) is 7.45. The number of carbonyl (C=O) groups excluding carboxylic acids is 1. The number of nitrogens with zero attached hydrogens (tertiary/aromatic N) is 3. The van der Waals surface area contributed by atoms with Crippen LogP contribution in [0.3, 0.4) is 0 Å². The highest BCUT2D eigenvalue weighted by Crippen LogP contribution is 2.40. The van der Waals surface area contributed by atoms with Gasteiger partial charge in [0.25, 0.3) is 0 Å². The number of benzene rings is 2. The van der Waals surface area contributed by atoms with Crippen LogP contribution in [0.5, 0.6) is 0 Å². The average molecular weight is 474 g/mol. The quantitative estimate of drug-likeness (QED) is 0.326. The Morgan fingerprint density at radius 1 is 0.971 bits per heavy atom. The van der Waals surface area contributed by atoms with Crippen molar-refractivity contribution in [3.8, 4) is 10.4 Å². The van der Waals surface area contributed by atoms with Crippen LogP contribution in [-0.4, -0.2) is 21.2 Å². The second-order valence-electron chi connectivity index (χ2n) is 8.72. The van der Waals surface area contributed by atoms with Gasteiger partial charge in [-0.15, -0.1) is 21.5 Å². The van der Waals surface area contributed by atoms with E-state index in [1.807, 2.05) is 67.7 Å². The molecule has 2 aromatic carbocycles. The van der Waals surface area contributed by atoms with Crippen molar-refractivity contribution < 1.29 is 9.21 Å². The molecule has 1 saturated carbocycles. The van der Waals surface area contributed by atoms with Gasteiger partial charge in [-0.25, -0.2) is 9.78 Å². The van der Waals surface area contributed by atoms with Gasteiger partial charge in [0.05, 0.1) is 9.88 Å². The minimum atomic E-state index is -0.260. The average Bonchev–Trinajstić information content (AvgIpc) is 3.50. The van der Waals surface area contributed by atoms with Gasteiger partial charge >= 0.3 is 6.03 Å². The molecule has 0 radical (unpaired) electrons. The van der Waals surface area contributed by atoms with Gasteiger partial charge in [0, 0.05) is 36.8 Å². The molecule has 4 aromatic rings. The number of hydrogen-bond acceptors (Lipinski definition) is 6. The molecule has 0 aliphatic heterocycles. The number of anilines is 2. The van der Waals surface area contributed by atoms with Gasteiger partial charge in [-0.05, 0) is 61.4 Å². The molecule has 1 aliphatic rings. The molecule has 1 aliphatic carbocycles. The Morgan fingerprint density at radius 2 is 1.68 bits per heavy atom. The van der Waals surface area contributed by atoms with E-state index in [2.05, 4.69) is 20.8 Å². The third-order valence-electron chi connectivity index (χ3n) is 6.21. The smallest absolute Gasteiger partial charge is 0.323 e. The van der Waals surface area contributed by atoms with Gasteiger partial charge in [-0.3, -0.25) is 0 Å². The fourth-order valence-corrected chi connectivity index (χ4v) is 5.52. The monoisotopic (exact) mass is 473 g/mol. The highest BCUT2D eigenvalue weighted by Gasteiger charge is 2.26. The van der Waals surface area contributed by atoms with Crippen LogP contribution in [0.25, 0.3) is 10.4 Å². The number of thiazole rings is 1. The van der Waals surface area contributed by atoms with E-state index in [0.717, 1.165) is 59.8 Å². The van der Waals surface area contributed by atoms with Gasteiger partial charge in [-0.2, -0.15) is 0 Å². The third-order valence-corrected chi connectivity index (χ3v) is 7.42. The minimum Gasteiger partial charge on any atom is -0.426 e. The largest absolute Gasteiger partial charge is 0.426 e. The molecule has 0 spiro atoms. The van der Waals surface area contributed by atoms with Crippen molar-refractivity contribution in [3.63, 3.8) is 0 Å². The van der Waals surface area contributed by atoms with Crippen LogP contribution in [-0.2, 0) is 6.42 Å². The maximum atomic E-state index is 12.2. The standard InChI is InChI=1S/C26H27N5O2S/c1-17-30-31-24(33-17)15-18-7-9-20(10-8-18)25-27-16-23(34-25)19-11-13-22(14-12-19)29-26(32)28-21-5-3-2-4-6-21/h2-6,11-14,16,18,20H,7-10,15H2,1H3,(H2,28,29,32). The molecule has 2 aromatic heterocycles. The number of aryl methyl sites for hydroxylation is 1. The summed E-state index contributed by atoms with van der Waals surface area (Å²) >= 11 is 1.77. The summed E-state index contributed by atoms with van der Waals surface area (Å²) in [5.74, 6) is 2.52. The number of carbonyl (C=O) groups is 1. The first-order chi connectivity index (χ1) is 16.6. The highest BCUT2D eigenvalue weighted by molar-refractivity contribution is 7.15. The molecule has 174 valence electrons. The topological polar surface area (TPSA) is 92.9 Å². The van der Waals surface area contributed by atoms with Crippen LogP contribution in [0, 0.1) is 12.8 Å². The minimum absolute atomic E-state index is 0.260. The lowest BCUT2D eigenvalue weighted by Gasteiger charge is -2.26. The second kappa shape index (κ2) is 10.2. The van der Waals surface area contributed by atoms with E-state index in [0.29, 0.717) is 17.7 Å². The molecular weight excluding hydrogens is 446 g/mol. The Labute approximate surface area is 202 Å². The molecule has 8 heteroatoms. The number of amides is 2. The second-order valence-corrected chi connectivity index (χ2v) is 9.78. The van der Waals surface area contributed by atoms with Crippen molar-refractivity contribution in [2.75, 3.05) is 10.6 Å². The molecular formula is C26H27N5O2S. The first-order valence-electron chi connectivity index (χ1n) is 11.6. The molecule has 34 heavy (non-hydrogen) atoms. The Kier molecular flexibility index (Phi) is 6.67. The van der Waals surface area contributed by atoms with Crippen molar-refractivity contribution in [1.82, 2.24) is 15.2 Å². The van der Waals surface area contributed by atoms with Crippen LogP contribution in [0.1, 0.15) is 48.4 Å². The fraction of sp³-hybridized carbons (Fsp3) is 0.308. The van der Waals surface area contributed by atoms with Crippen LogP contribution >= 0.6 is 11.3 Å². The SMILES string of the molecule is Cc1nnc(CC2CCC(c3ncc(-c4ccc(NC(=O)Nc5ccccc5)cc4)s3)CC2)o1. The van der Waals surface area contributed by atoms with E-state index in [9.17, 15) is 4.79 Å². The van der Waals surface area contributed by atoms with Crippen molar-refractivity contribution in [3.05, 3.63) is 77.6 Å². The van der Waals surface area contributed by atoms with E-state index in [4.69, 9.17) is 9.40 Å². The first kappa shape index (κ1) is 22.3. The Balaban J connectivity index is 1.14. The summed E-state index contributed by atoms with van der Waals surface area (Å²) in [5.41, 5.74) is 2.61. The maximum absolute atomic E-state index is 12.2. The molecule has 0 bridgehead atoms. The molecule has 0 atom stereocenters. The normalized spacial score (nSPS) is 17.9. The number of para-hydroxylation sites is 1. The Bertz CT molecular complexity index is 1230. The lowest BCUT2D eigenvalue weighted by molar-refractivity contribution is 0.262.